The molecule has 0 bridgehead atoms. The molecule has 1 aliphatic rings. The molecule has 0 aromatic carbocycles. The summed E-state index contributed by atoms with van der Waals surface area (Å²) >= 11 is 0. The number of guanidine groups is 1. The Kier molecular flexibility index (Phi) is 13.9. The fraction of sp³-hybridized carbons (Fsp3) is 0.941. The van der Waals surface area contributed by atoms with Crippen molar-refractivity contribution < 1.29 is 17.9 Å². The molecular formula is C17H36IN3O4S. The van der Waals surface area contributed by atoms with Crippen molar-refractivity contribution >= 4 is 39.8 Å². The van der Waals surface area contributed by atoms with Gasteiger partial charge in [0, 0.05) is 39.6 Å². The quantitative estimate of drug-likeness (QED) is 0.182. The highest BCUT2D eigenvalue weighted by atomic mass is 127. The van der Waals surface area contributed by atoms with E-state index in [4.69, 9.17) is 14.5 Å². The molecule has 1 fully saturated rings. The highest BCUT2D eigenvalue weighted by Crippen LogP contribution is 2.41. The first-order valence-corrected chi connectivity index (χ1v) is 11.2. The topological polar surface area (TPSA) is 89.0 Å². The molecule has 156 valence electrons. The van der Waals surface area contributed by atoms with Crippen LogP contribution in [0.4, 0.5) is 0 Å². The summed E-state index contributed by atoms with van der Waals surface area (Å²) in [6.07, 6.45) is 7.25. The summed E-state index contributed by atoms with van der Waals surface area (Å²) in [7, 11) is -1.21. The second kappa shape index (κ2) is 14.0. The average molecular weight is 505 g/mol. The van der Waals surface area contributed by atoms with Crippen molar-refractivity contribution in [1.29, 1.82) is 0 Å². The molecule has 0 amide bonds. The highest BCUT2D eigenvalue weighted by Gasteiger charge is 2.33. The Morgan fingerprint density at radius 2 is 1.85 bits per heavy atom. The minimum absolute atomic E-state index is 0. The van der Waals surface area contributed by atoms with Crippen molar-refractivity contribution in [2.45, 2.75) is 39.0 Å². The van der Waals surface area contributed by atoms with E-state index in [1.54, 1.807) is 7.11 Å². The van der Waals surface area contributed by atoms with Gasteiger partial charge in [-0.15, -0.1) is 24.0 Å². The molecule has 2 N–H and O–H groups in total. The molecule has 0 saturated heterocycles. The van der Waals surface area contributed by atoms with Gasteiger partial charge < -0.3 is 20.1 Å². The van der Waals surface area contributed by atoms with Crippen LogP contribution in [0.5, 0.6) is 0 Å². The number of ether oxygens (including phenoxy) is 2. The molecule has 0 radical (unpaired) electrons. The lowest BCUT2D eigenvalue weighted by molar-refractivity contribution is 0.141. The number of nitrogens with zero attached hydrogens (tertiary/aromatic N) is 1. The van der Waals surface area contributed by atoms with Crippen molar-refractivity contribution in [3.05, 3.63) is 0 Å². The van der Waals surface area contributed by atoms with Crippen LogP contribution in [0, 0.1) is 5.41 Å². The van der Waals surface area contributed by atoms with E-state index in [9.17, 15) is 8.42 Å². The maximum atomic E-state index is 11.0. The molecule has 0 aromatic heterocycles. The summed E-state index contributed by atoms with van der Waals surface area (Å²) in [4.78, 5) is 4.77. The fourth-order valence-corrected chi connectivity index (χ4v) is 3.49. The van der Waals surface area contributed by atoms with Gasteiger partial charge in [-0.2, -0.15) is 0 Å². The minimum Gasteiger partial charge on any atom is -0.385 e. The van der Waals surface area contributed by atoms with Crippen LogP contribution in [0.3, 0.4) is 0 Å². The second-order valence-corrected chi connectivity index (χ2v) is 9.07. The van der Waals surface area contributed by atoms with Crippen LogP contribution >= 0.6 is 24.0 Å². The van der Waals surface area contributed by atoms with E-state index in [1.807, 2.05) is 6.92 Å². The van der Waals surface area contributed by atoms with Crippen molar-refractivity contribution in [1.82, 2.24) is 10.6 Å². The number of sulfone groups is 1. The van der Waals surface area contributed by atoms with Gasteiger partial charge >= 0.3 is 0 Å². The Hall–Kier alpha value is -0.130. The molecule has 26 heavy (non-hydrogen) atoms. The first kappa shape index (κ1) is 25.9. The van der Waals surface area contributed by atoms with Crippen LogP contribution in [-0.2, 0) is 19.3 Å². The van der Waals surface area contributed by atoms with E-state index >= 15 is 0 Å². The van der Waals surface area contributed by atoms with Gasteiger partial charge in [0.05, 0.1) is 19.0 Å². The first-order chi connectivity index (χ1) is 11.9. The molecular weight excluding hydrogens is 469 g/mol. The zero-order chi connectivity index (χ0) is 18.6. The molecule has 0 unspecified atom stereocenters. The Morgan fingerprint density at radius 1 is 1.15 bits per heavy atom. The molecule has 0 aliphatic heterocycles. The number of rotatable bonds is 12. The molecule has 1 aliphatic carbocycles. The average Bonchev–Trinajstić information content (AvgIpc) is 3.02. The third kappa shape index (κ3) is 11.6. The Labute approximate surface area is 176 Å². The maximum absolute atomic E-state index is 11.0. The zero-order valence-corrected chi connectivity index (χ0v) is 19.5. The summed E-state index contributed by atoms with van der Waals surface area (Å²) in [5.41, 5.74) is 0.268. The summed E-state index contributed by atoms with van der Waals surface area (Å²) in [6.45, 7) is 5.71. The van der Waals surface area contributed by atoms with Crippen molar-refractivity contribution in [3.8, 4) is 0 Å². The Morgan fingerprint density at radius 3 is 2.42 bits per heavy atom. The van der Waals surface area contributed by atoms with Crippen molar-refractivity contribution in [3.63, 3.8) is 0 Å². The van der Waals surface area contributed by atoms with Crippen molar-refractivity contribution in [2.24, 2.45) is 10.4 Å². The monoisotopic (exact) mass is 505 g/mol. The van der Waals surface area contributed by atoms with Crippen LogP contribution in [0.2, 0.25) is 0 Å². The number of hydrogen-bond donors (Lipinski definition) is 2. The molecule has 9 heteroatoms. The molecule has 7 nitrogen and oxygen atoms in total. The lowest BCUT2D eigenvalue weighted by Gasteiger charge is -2.27. The Balaban J connectivity index is 0.00000625. The molecule has 0 heterocycles. The summed E-state index contributed by atoms with van der Waals surface area (Å²) in [5, 5.41) is 6.50. The van der Waals surface area contributed by atoms with Crippen LogP contribution in [-0.4, -0.2) is 73.0 Å². The predicted molar refractivity (Wildman–Crippen MR) is 117 cm³/mol. The first-order valence-electron chi connectivity index (χ1n) is 9.17. The molecule has 1 rings (SSSR count). The van der Waals surface area contributed by atoms with Crippen LogP contribution in [0.25, 0.3) is 0 Å². The van der Waals surface area contributed by atoms with Gasteiger partial charge in [0.2, 0.25) is 0 Å². The van der Waals surface area contributed by atoms with Gasteiger partial charge in [-0.05, 0) is 31.6 Å². The fourth-order valence-electron chi connectivity index (χ4n) is 3.07. The number of aliphatic imine (C=N–C) groups is 1. The van der Waals surface area contributed by atoms with E-state index in [1.165, 1.54) is 31.9 Å². The molecule has 1 saturated carbocycles. The van der Waals surface area contributed by atoms with E-state index < -0.39 is 9.84 Å². The summed E-state index contributed by atoms with van der Waals surface area (Å²) in [5.74, 6) is 0.848. The number of nitrogens with one attached hydrogen (secondary N) is 2. The van der Waals surface area contributed by atoms with Crippen LogP contribution in [0.15, 0.2) is 4.99 Å². The number of methoxy groups -OCH3 is 1. The molecule has 0 aromatic rings. The third-order valence-electron chi connectivity index (χ3n) is 4.55. The largest absolute Gasteiger partial charge is 0.385 e. The van der Waals surface area contributed by atoms with Gasteiger partial charge in [0.25, 0.3) is 0 Å². The van der Waals surface area contributed by atoms with Gasteiger partial charge in [0.15, 0.2) is 5.96 Å². The van der Waals surface area contributed by atoms with Gasteiger partial charge in [0.1, 0.15) is 9.84 Å². The van der Waals surface area contributed by atoms with E-state index in [-0.39, 0.29) is 41.8 Å². The highest BCUT2D eigenvalue weighted by molar-refractivity contribution is 14.0. The minimum atomic E-state index is -2.96. The maximum Gasteiger partial charge on any atom is 0.191 e. The molecule has 0 atom stereocenters. The van der Waals surface area contributed by atoms with E-state index in [0.29, 0.717) is 13.2 Å². The normalized spacial score (nSPS) is 17.0. The summed E-state index contributed by atoms with van der Waals surface area (Å²) < 4.78 is 32.7. The lowest BCUT2D eigenvalue weighted by atomic mass is 9.83. The van der Waals surface area contributed by atoms with Crippen LogP contribution < -0.4 is 10.6 Å². The Bertz CT molecular complexity index is 494. The zero-order valence-electron chi connectivity index (χ0n) is 16.4. The van der Waals surface area contributed by atoms with E-state index in [2.05, 4.69) is 10.6 Å². The van der Waals surface area contributed by atoms with E-state index in [0.717, 1.165) is 32.1 Å². The number of halogens is 1. The number of hydrogen-bond acceptors (Lipinski definition) is 5. The molecule has 0 spiro atoms. The second-order valence-electron chi connectivity index (χ2n) is 6.81. The van der Waals surface area contributed by atoms with Gasteiger partial charge in [-0.25, -0.2) is 8.42 Å². The predicted octanol–water partition coefficient (Wildman–Crippen LogP) is 1.82. The standard InChI is InChI=1S/C17H35N3O4S.HI/c1-4-18-16(19-10-12-24-13-14-25(3,21)22)20-15-17(9-11-23-2)7-5-6-8-17;/h4-15H2,1-3H3,(H2,18,19,20);1H. The van der Waals surface area contributed by atoms with Gasteiger partial charge in [-0.3, -0.25) is 4.99 Å². The van der Waals surface area contributed by atoms with Crippen LogP contribution in [0.1, 0.15) is 39.0 Å². The smallest absolute Gasteiger partial charge is 0.191 e. The van der Waals surface area contributed by atoms with Gasteiger partial charge in [-0.1, -0.05) is 12.8 Å². The SMILES string of the molecule is CCNC(=NCC1(CCOC)CCCC1)NCCOCCS(C)(=O)=O.I. The lowest BCUT2D eigenvalue weighted by Crippen LogP contribution is -2.40. The van der Waals surface area contributed by atoms with Crippen molar-refractivity contribution in [2.75, 3.05) is 58.6 Å². The summed E-state index contributed by atoms with van der Waals surface area (Å²) in [6, 6.07) is 0. The third-order valence-corrected chi connectivity index (χ3v) is 5.46.